The molecular formula is C17H24O. The Hall–Kier alpha value is -1.76. The van der Waals surface area contributed by atoms with Crippen molar-refractivity contribution in [3.8, 4) is 0 Å². The smallest absolute Gasteiger partial charge is 0.118 e. The first-order valence-corrected chi connectivity index (χ1v) is 6.32. The van der Waals surface area contributed by atoms with Gasteiger partial charge in [0.1, 0.15) is 5.76 Å². The summed E-state index contributed by atoms with van der Waals surface area (Å²) in [5.41, 5.74) is 3.58. The summed E-state index contributed by atoms with van der Waals surface area (Å²) in [7, 11) is 1.65. The summed E-state index contributed by atoms with van der Waals surface area (Å²) in [4.78, 5) is 0. The number of methoxy groups -OCH3 is 1. The molecule has 0 amide bonds. The largest absolute Gasteiger partial charge is 0.497 e. The average Bonchev–Trinajstić information content (AvgIpc) is 2.44. The van der Waals surface area contributed by atoms with Gasteiger partial charge in [-0.1, -0.05) is 56.3 Å². The zero-order valence-electron chi connectivity index (χ0n) is 12.2. The van der Waals surface area contributed by atoms with Gasteiger partial charge in [-0.3, -0.25) is 0 Å². The van der Waals surface area contributed by atoms with Crippen LogP contribution in [-0.2, 0) is 4.74 Å². The van der Waals surface area contributed by atoms with Crippen LogP contribution in [0.2, 0.25) is 0 Å². The standard InChI is InChI=1S/C15H18O.C2H6/c1-5-13(11-15(6-2)16-4)14-9-7-12(3)8-10-14;1-2/h5-11H,2H2,1,3-4H3;1-2H3/b13-5+,15-11+;. The highest BCUT2D eigenvalue weighted by atomic mass is 16.5. The molecule has 1 heteroatoms. The summed E-state index contributed by atoms with van der Waals surface area (Å²) in [6.07, 6.45) is 5.75. The van der Waals surface area contributed by atoms with Crippen LogP contribution >= 0.6 is 0 Å². The second-order valence-electron chi connectivity index (χ2n) is 3.56. The van der Waals surface area contributed by atoms with Crippen molar-refractivity contribution in [1.82, 2.24) is 0 Å². The third-order valence-corrected chi connectivity index (χ3v) is 2.43. The molecule has 0 atom stereocenters. The van der Waals surface area contributed by atoms with Crippen LogP contribution in [-0.4, -0.2) is 7.11 Å². The Morgan fingerprint density at radius 1 is 1.17 bits per heavy atom. The van der Waals surface area contributed by atoms with Gasteiger partial charge in [-0.05, 0) is 37.1 Å². The van der Waals surface area contributed by atoms with E-state index >= 15 is 0 Å². The van der Waals surface area contributed by atoms with Crippen LogP contribution in [0.15, 0.2) is 54.8 Å². The first kappa shape index (κ1) is 16.2. The number of aryl methyl sites for hydroxylation is 1. The van der Waals surface area contributed by atoms with E-state index in [-0.39, 0.29) is 0 Å². The Morgan fingerprint density at radius 2 is 1.72 bits per heavy atom. The molecule has 1 nitrogen and oxygen atoms in total. The number of rotatable bonds is 4. The van der Waals surface area contributed by atoms with E-state index in [9.17, 15) is 0 Å². The molecule has 0 aliphatic carbocycles. The second-order valence-corrected chi connectivity index (χ2v) is 3.56. The van der Waals surface area contributed by atoms with Crippen LogP contribution in [0, 0.1) is 6.92 Å². The number of hydrogen-bond acceptors (Lipinski definition) is 1. The molecule has 0 aromatic heterocycles. The fraction of sp³-hybridized carbons (Fsp3) is 0.294. The summed E-state index contributed by atoms with van der Waals surface area (Å²) < 4.78 is 5.18. The molecule has 0 spiro atoms. The van der Waals surface area contributed by atoms with Crippen LogP contribution < -0.4 is 0 Å². The highest BCUT2D eigenvalue weighted by Crippen LogP contribution is 2.18. The molecule has 0 bridgehead atoms. The maximum atomic E-state index is 5.18. The van der Waals surface area contributed by atoms with Crippen molar-refractivity contribution in [1.29, 1.82) is 0 Å². The predicted octanol–water partition coefficient (Wildman–Crippen LogP) is 5.14. The first-order valence-electron chi connectivity index (χ1n) is 6.32. The van der Waals surface area contributed by atoms with Gasteiger partial charge in [0.2, 0.25) is 0 Å². The van der Waals surface area contributed by atoms with Crippen LogP contribution in [0.4, 0.5) is 0 Å². The molecule has 1 aromatic carbocycles. The van der Waals surface area contributed by atoms with E-state index in [1.165, 1.54) is 11.1 Å². The van der Waals surface area contributed by atoms with Crippen LogP contribution in [0.1, 0.15) is 31.9 Å². The summed E-state index contributed by atoms with van der Waals surface area (Å²) in [6.45, 7) is 11.8. The Bertz CT molecular complexity index is 408. The molecule has 0 saturated carbocycles. The zero-order chi connectivity index (χ0) is 14.0. The summed E-state index contributed by atoms with van der Waals surface area (Å²) in [5.74, 6) is 0.772. The zero-order valence-corrected chi connectivity index (χ0v) is 12.2. The van der Waals surface area contributed by atoms with E-state index in [2.05, 4.69) is 43.8 Å². The van der Waals surface area contributed by atoms with E-state index in [1.54, 1.807) is 13.2 Å². The summed E-state index contributed by atoms with van der Waals surface area (Å²) >= 11 is 0. The van der Waals surface area contributed by atoms with Gasteiger partial charge < -0.3 is 4.74 Å². The number of benzene rings is 1. The van der Waals surface area contributed by atoms with E-state index in [4.69, 9.17) is 4.74 Å². The Kier molecular flexibility index (Phi) is 8.38. The van der Waals surface area contributed by atoms with Gasteiger partial charge in [-0.15, -0.1) is 0 Å². The molecule has 0 N–H and O–H groups in total. The van der Waals surface area contributed by atoms with Crippen LogP contribution in [0.3, 0.4) is 0 Å². The predicted molar refractivity (Wildman–Crippen MR) is 81.5 cm³/mol. The van der Waals surface area contributed by atoms with Gasteiger partial charge in [0, 0.05) is 0 Å². The molecule has 18 heavy (non-hydrogen) atoms. The highest BCUT2D eigenvalue weighted by Gasteiger charge is 1.98. The lowest BCUT2D eigenvalue weighted by Gasteiger charge is -2.05. The van der Waals surface area contributed by atoms with Crippen molar-refractivity contribution in [2.45, 2.75) is 27.7 Å². The lowest BCUT2D eigenvalue weighted by atomic mass is 10.0. The Morgan fingerprint density at radius 3 is 2.11 bits per heavy atom. The minimum Gasteiger partial charge on any atom is -0.497 e. The SMILES string of the molecule is C=C/C(=C\C(=C/C)c1ccc(C)cc1)OC.CC. The van der Waals surface area contributed by atoms with E-state index in [0.717, 1.165) is 11.3 Å². The van der Waals surface area contributed by atoms with Gasteiger partial charge in [0.15, 0.2) is 0 Å². The van der Waals surface area contributed by atoms with Gasteiger partial charge in [-0.25, -0.2) is 0 Å². The van der Waals surface area contributed by atoms with Gasteiger partial charge >= 0.3 is 0 Å². The summed E-state index contributed by atoms with van der Waals surface area (Å²) in [6, 6.07) is 8.43. The van der Waals surface area contributed by atoms with E-state index < -0.39 is 0 Å². The van der Waals surface area contributed by atoms with Crippen molar-refractivity contribution < 1.29 is 4.74 Å². The van der Waals surface area contributed by atoms with E-state index in [1.807, 2.05) is 26.8 Å². The van der Waals surface area contributed by atoms with Crippen molar-refractivity contribution in [3.05, 3.63) is 66.0 Å². The average molecular weight is 244 g/mol. The van der Waals surface area contributed by atoms with Crippen LogP contribution in [0.25, 0.3) is 5.57 Å². The molecule has 0 fully saturated rings. The van der Waals surface area contributed by atoms with Gasteiger partial charge in [0.05, 0.1) is 7.11 Å². The Labute approximate surface area is 111 Å². The minimum absolute atomic E-state index is 0.772. The van der Waals surface area contributed by atoms with Crippen molar-refractivity contribution in [2.75, 3.05) is 7.11 Å². The van der Waals surface area contributed by atoms with Crippen LogP contribution in [0.5, 0.6) is 0 Å². The maximum absolute atomic E-state index is 5.18. The van der Waals surface area contributed by atoms with Gasteiger partial charge in [0.25, 0.3) is 0 Å². The molecular weight excluding hydrogens is 220 g/mol. The quantitative estimate of drug-likeness (QED) is 0.526. The molecule has 0 aliphatic heterocycles. The Balaban J connectivity index is 0.00000137. The fourth-order valence-corrected chi connectivity index (χ4v) is 1.43. The highest BCUT2D eigenvalue weighted by molar-refractivity contribution is 5.74. The van der Waals surface area contributed by atoms with Gasteiger partial charge in [-0.2, -0.15) is 0 Å². The first-order chi connectivity index (χ1) is 8.71. The molecule has 0 unspecified atom stereocenters. The van der Waals surface area contributed by atoms with Crippen molar-refractivity contribution >= 4 is 5.57 Å². The van der Waals surface area contributed by atoms with Crippen molar-refractivity contribution in [2.24, 2.45) is 0 Å². The topological polar surface area (TPSA) is 9.23 Å². The molecule has 98 valence electrons. The number of hydrogen-bond donors (Lipinski definition) is 0. The normalized spacial score (nSPS) is 11.4. The van der Waals surface area contributed by atoms with E-state index in [0.29, 0.717) is 0 Å². The maximum Gasteiger partial charge on any atom is 0.118 e. The molecule has 0 aliphatic rings. The lowest BCUT2D eigenvalue weighted by Crippen LogP contribution is -1.86. The number of ether oxygens (including phenoxy) is 1. The molecule has 1 aromatic rings. The monoisotopic (exact) mass is 244 g/mol. The lowest BCUT2D eigenvalue weighted by molar-refractivity contribution is 0.307. The van der Waals surface area contributed by atoms with Crippen molar-refractivity contribution in [3.63, 3.8) is 0 Å². The number of allylic oxidation sites excluding steroid dienone is 4. The third-order valence-electron chi connectivity index (χ3n) is 2.43. The molecule has 0 saturated heterocycles. The third kappa shape index (κ3) is 5.05. The molecule has 0 radical (unpaired) electrons. The summed E-state index contributed by atoms with van der Waals surface area (Å²) in [5, 5.41) is 0. The minimum atomic E-state index is 0.772. The molecule has 0 heterocycles. The second kappa shape index (κ2) is 9.29. The molecule has 1 rings (SSSR count). The fourth-order valence-electron chi connectivity index (χ4n) is 1.43.